The molecule has 9 heteroatoms. The van der Waals surface area contributed by atoms with Gasteiger partial charge in [-0.1, -0.05) is 18.2 Å². The molecular formula is C18H19N5O3S. The van der Waals surface area contributed by atoms with E-state index in [1.165, 1.54) is 14.0 Å². The number of rotatable bonds is 4. The molecule has 0 unspecified atom stereocenters. The summed E-state index contributed by atoms with van der Waals surface area (Å²) in [6.07, 6.45) is 1.16. The summed E-state index contributed by atoms with van der Waals surface area (Å²) in [4.78, 5) is 26.4. The van der Waals surface area contributed by atoms with Crippen molar-refractivity contribution in [3.8, 4) is 5.88 Å². The van der Waals surface area contributed by atoms with Crippen LogP contribution in [0.5, 0.6) is 5.88 Å². The van der Waals surface area contributed by atoms with Gasteiger partial charge in [-0.25, -0.2) is 0 Å². The number of nitrogens with zero attached hydrogens (tertiary/aromatic N) is 5. The standard InChI is InChI=1S/C18H19N5O3S/c1-4-22-15(24)12(16(25)23(5-2)18(22)27)10-19-20-14-11-8-6-7-9-13(11)21(3)17(14)26/h6-10,24H,4-5H2,1-3H3/b19-10+,20-14-. The van der Waals surface area contributed by atoms with Gasteiger partial charge in [0, 0.05) is 25.7 Å². The number of hydrogen-bond donors (Lipinski definition) is 1. The van der Waals surface area contributed by atoms with Crippen LogP contribution in [0.3, 0.4) is 0 Å². The lowest BCUT2D eigenvalue weighted by Crippen LogP contribution is -2.28. The second-order valence-corrected chi connectivity index (χ2v) is 6.25. The first-order chi connectivity index (χ1) is 12.9. The highest BCUT2D eigenvalue weighted by Crippen LogP contribution is 2.27. The predicted molar refractivity (Wildman–Crippen MR) is 107 cm³/mol. The maximum atomic E-state index is 12.6. The van der Waals surface area contributed by atoms with Gasteiger partial charge in [-0.15, -0.1) is 5.10 Å². The van der Waals surface area contributed by atoms with Crippen LogP contribution in [0.15, 0.2) is 39.3 Å². The van der Waals surface area contributed by atoms with Crippen molar-refractivity contribution in [3.05, 3.63) is 50.5 Å². The fraction of sp³-hybridized carbons (Fsp3) is 0.278. The molecule has 2 aromatic rings. The van der Waals surface area contributed by atoms with E-state index in [4.69, 9.17) is 12.2 Å². The Morgan fingerprint density at radius 1 is 1.15 bits per heavy atom. The third-order valence-electron chi connectivity index (χ3n) is 4.44. The summed E-state index contributed by atoms with van der Waals surface area (Å²) in [5, 5.41) is 18.3. The first kappa shape index (κ1) is 18.7. The molecule has 0 radical (unpaired) electrons. The van der Waals surface area contributed by atoms with Gasteiger partial charge in [-0.05, 0) is 32.1 Å². The van der Waals surface area contributed by atoms with Crippen LogP contribution in [0.2, 0.25) is 0 Å². The van der Waals surface area contributed by atoms with Crippen LogP contribution >= 0.6 is 12.2 Å². The number of hydrogen-bond acceptors (Lipinski definition) is 6. The minimum atomic E-state index is -0.455. The van der Waals surface area contributed by atoms with Crippen LogP contribution < -0.4 is 10.5 Å². The third kappa shape index (κ3) is 2.99. The summed E-state index contributed by atoms with van der Waals surface area (Å²) in [6, 6.07) is 7.24. The van der Waals surface area contributed by atoms with Gasteiger partial charge in [0.05, 0.1) is 11.9 Å². The normalized spacial score (nSPS) is 15.1. The molecular weight excluding hydrogens is 366 g/mol. The number of aromatic nitrogens is 2. The van der Waals surface area contributed by atoms with E-state index < -0.39 is 5.56 Å². The van der Waals surface area contributed by atoms with Crippen molar-refractivity contribution in [2.45, 2.75) is 26.9 Å². The molecule has 1 N–H and O–H groups in total. The smallest absolute Gasteiger partial charge is 0.279 e. The molecule has 0 aliphatic carbocycles. The van der Waals surface area contributed by atoms with Gasteiger partial charge in [-0.3, -0.25) is 18.7 Å². The van der Waals surface area contributed by atoms with Crippen molar-refractivity contribution in [1.82, 2.24) is 9.13 Å². The number of benzene rings is 1. The maximum Gasteiger partial charge on any atom is 0.279 e. The molecule has 0 bridgehead atoms. The zero-order chi connectivity index (χ0) is 19.7. The van der Waals surface area contributed by atoms with Gasteiger partial charge in [0.15, 0.2) is 10.5 Å². The van der Waals surface area contributed by atoms with Crippen LogP contribution in [0.4, 0.5) is 5.69 Å². The van der Waals surface area contributed by atoms with Gasteiger partial charge in [0.1, 0.15) is 5.56 Å². The van der Waals surface area contributed by atoms with Gasteiger partial charge in [-0.2, -0.15) is 5.10 Å². The van der Waals surface area contributed by atoms with Crippen LogP contribution in [-0.4, -0.2) is 39.1 Å². The quantitative estimate of drug-likeness (QED) is 0.494. The second kappa shape index (κ2) is 7.28. The second-order valence-electron chi connectivity index (χ2n) is 5.89. The molecule has 8 nitrogen and oxygen atoms in total. The Bertz CT molecular complexity index is 1100. The topological polar surface area (TPSA) is 92.2 Å². The number of aromatic hydroxyl groups is 1. The third-order valence-corrected chi connectivity index (χ3v) is 4.88. The van der Waals surface area contributed by atoms with Crippen LogP contribution in [0.25, 0.3) is 0 Å². The van der Waals surface area contributed by atoms with E-state index in [0.29, 0.717) is 18.7 Å². The lowest BCUT2D eigenvalue weighted by Gasteiger charge is -2.13. The SMILES string of the molecule is CCn1c(O)c(/C=N/N=C2\C(=O)N(C)c3ccccc32)c(=O)n(CC)c1=S. The number of amides is 1. The Morgan fingerprint density at radius 2 is 1.81 bits per heavy atom. The Kier molecular flexibility index (Phi) is 5.04. The van der Waals surface area contributed by atoms with E-state index >= 15 is 0 Å². The predicted octanol–water partition coefficient (Wildman–Crippen LogP) is 1.92. The van der Waals surface area contributed by atoms with Crippen molar-refractivity contribution in [3.63, 3.8) is 0 Å². The zero-order valence-corrected chi connectivity index (χ0v) is 16.0. The molecule has 1 aromatic carbocycles. The van der Waals surface area contributed by atoms with Gasteiger partial charge < -0.3 is 10.0 Å². The zero-order valence-electron chi connectivity index (χ0n) is 15.2. The minimum Gasteiger partial charge on any atom is -0.494 e. The molecule has 0 fully saturated rings. The molecule has 0 atom stereocenters. The van der Waals surface area contributed by atoms with E-state index in [9.17, 15) is 14.7 Å². The monoisotopic (exact) mass is 385 g/mol. The van der Waals surface area contributed by atoms with E-state index in [-0.39, 0.29) is 27.8 Å². The highest BCUT2D eigenvalue weighted by Gasteiger charge is 2.31. The van der Waals surface area contributed by atoms with Gasteiger partial charge >= 0.3 is 0 Å². The van der Waals surface area contributed by atoms with Crippen LogP contribution in [-0.2, 0) is 17.9 Å². The van der Waals surface area contributed by atoms with Crippen molar-refractivity contribution in [1.29, 1.82) is 0 Å². The number of anilines is 1. The van der Waals surface area contributed by atoms with Gasteiger partial charge in [0.25, 0.3) is 11.5 Å². The first-order valence-electron chi connectivity index (χ1n) is 8.47. The summed E-state index contributed by atoms with van der Waals surface area (Å²) in [7, 11) is 1.66. The fourth-order valence-corrected chi connectivity index (χ4v) is 3.40. The highest BCUT2D eigenvalue weighted by molar-refractivity contribution is 7.71. The van der Waals surface area contributed by atoms with Crippen LogP contribution in [0, 0.1) is 4.77 Å². The summed E-state index contributed by atoms with van der Waals surface area (Å²) in [5.74, 6) is -0.551. The Balaban J connectivity index is 2.08. The Hall–Kier alpha value is -3.07. The Morgan fingerprint density at radius 3 is 2.48 bits per heavy atom. The van der Waals surface area contributed by atoms with Crippen molar-refractivity contribution < 1.29 is 9.90 Å². The fourth-order valence-electron chi connectivity index (χ4n) is 2.98. The molecule has 140 valence electrons. The number of carbonyl (C=O) groups is 1. The molecule has 1 aliphatic rings. The van der Waals surface area contributed by atoms with Crippen molar-refractivity contribution >= 4 is 35.7 Å². The highest BCUT2D eigenvalue weighted by atomic mass is 32.1. The number of carbonyl (C=O) groups excluding carboxylic acids is 1. The molecule has 1 aromatic heterocycles. The van der Waals surface area contributed by atoms with E-state index in [0.717, 1.165) is 11.9 Å². The average molecular weight is 385 g/mol. The Labute approximate surface area is 160 Å². The summed E-state index contributed by atoms with van der Waals surface area (Å²) in [5.41, 5.74) is 1.12. The van der Waals surface area contributed by atoms with Crippen molar-refractivity contribution in [2.75, 3.05) is 11.9 Å². The molecule has 27 heavy (non-hydrogen) atoms. The molecule has 1 amide bonds. The largest absolute Gasteiger partial charge is 0.494 e. The van der Waals surface area contributed by atoms with E-state index in [1.54, 1.807) is 20.0 Å². The van der Waals surface area contributed by atoms with E-state index in [1.807, 2.05) is 25.1 Å². The summed E-state index contributed by atoms with van der Waals surface area (Å²) < 4.78 is 3.06. The number of fused-ring (bicyclic) bond motifs is 1. The number of likely N-dealkylation sites (N-methyl/N-ethyl adjacent to an activating group) is 1. The molecule has 2 heterocycles. The van der Waals surface area contributed by atoms with Crippen molar-refractivity contribution in [2.24, 2.45) is 10.2 Å². The maximum absolute atomic E-state index is 12.6. The lowest BCUT2D eigenvalue weighted by molar-refractivity contribution is -0.111. The summed E-state index contributed by atoms with van der Waals surface area (Å²) in [6.45, 7) is 4.37. The molecule has 3 rings (SSSR count). The number of para-hydroxylation sites is 1. The van der Waals surface area contributed by atoms with E-state index in [2.05, 4.69) is 10.2 Å². The molecule has 0 saturated heterocycles. The average Bonchev–Trinajstić information content (AvgIpc) is 2.90. The molecule has 0 saturated carbocycles. The molecule has 1 aliphatic heterocycles. The lowest BCUT2D eigenvalue weighted by atomic mass is 10.1. The van der Waals surface area contributed by atoms with Crippen LogP contribution in [0.1, 0.15) is 25.0 Å². The first-order valence-corrected chi connectivity index (χ1v) is 8.88. The minimum absolute atomic E-state index is 0.0243. The summed E-state index contributed by atoms with van der Waals surface area (Å²) >= 11 is 5.24. The van der Waals surface area contributed by atoms with Gasteiger partial charge in [0.2, 0.25) is 5.88 Å². The molecule has 0 spiro atoms.